The van der Waals surface area contributed by atoms with Gasteiger partial charge in [-0.15, -0.1) is 0 Å². The van der Waals surface area contributed by atoms with Crippen molar-refractivity contribution in [2.24, 2.45) is 7.05 Å². The van der Waals surface area contributed by atoms with E-state index >= 15 is 0 Å². The van der Waals surface area contributed by atoms with Crippen LogP contribution < -0.4 is 4.73 Å². The van der Waals surface area contributed by atoms with Gasteiger partial charge in [-0.2, -0.15) is 13.2 Å². The molecule has 0 aliphatic heterocycles. The van der Waals surface area contributed by atoms with E-state index in [0.717, 1.165) is 6.07 Å². The second-order valence-electron chi connectivity index (χ2n) is 5.53. The molecule has 0 saturated heterocycles. The van der Waals surface area contributed by atoms with Gasteiger partial charge in [0.15, 0.2) is 15.5 Å². The number of aryl methyl sites for hydroxylation is 1. The first-order valence-corrected chi connectivity index (χ1v) is 9.08. The molecule has 0 aromatic carbocycles. The normalized spacial score (nSPS) is 12.7. The smallest absolute Gasteiger partial charge is 0.307 e. The van der Waals surface area contributed by atoms with Gasteiger partial charge in [0, 0.05) is 24.0 Å². The fraction of sp³-hybridized carbons (Fsp3) is 0.267. The van der Waals surface area contributed by atoms with Gasteiger partial charge < -0.3 is 4.57 Å². The minimum atomic E-state index is -4.58. The molecule has 0 saturated carbocycles. The predicted octanol–water partition coefficient (Wildman–Crippen LogP) is 1.97. The minimum Gasteiger partial charge on any atom is -0.307 e. The van der Waals surface area contributed by atoms with Crippen LogP contribution >= 0.6 is 0 Å². The molecule has 0 radical (unpaired) electrons. The van der Waals surface area contributed by atoms with Crippen LogP contribution in [0.4, 0.5) is 13.2 Å². The molecule has 0 fully saturated rings. The standard InChI is InChI=1S/C15H14F3N4O3S/c1-3-26(24,25)11-5-4-6-22(23)12(11)14-20-10-7-9(15(16,17)18)8-19-13(10)21(14)2/h4-8,23H,3H2,1-2H3/q+1. The number of rotatable bonds is 3. The summed E-state index contributed by atoms with van der Waals surface area (Å²) in [6, 6.07) is 3.47. The summed E-state index contributed by atoms with van der Waals surface area (Å²) >= 11 is 0. The van der Waals surface area contributed by atoms with Crippen molar-refractivity contribution in [2.45, 2.75) is 18.0 Å². The lowest BCUT2D eigenvalue weighted by atomic mass is 10.2. The van der Waals surface area contributed by atoms with Gasteiger partial charge in [0.2, 0.25) is 12.0 Å². The Balaban J connectivity index is 2.32. The van der Waals surface area contributed by atoms with E-state index < -0.39 is 21.6 Å². The van der Waals surface area contributed by atoms with Gasteiger partial charge in [-0.05, 0) is 12.1 Å². The molecule has 0 bridgehead atoms. The molecule has 0 spiro atoms. The third-order valence-corrected chi connectivity index (χ3v) is 5.66. The monoisotopic (exact) mass is 387 g/mol. The van der Waals surface area contributed by atoms with Gasteiger partial charge in [0.25, 0.3) is 0 Å². The van der Waals surface area contributed by atoms with E-state index in [-0.39, 0.29) is 33.3 Å². The van der Waals surface area contributed by atoms with Crippen LogP contribution in [0.1, 0.15) is 12.5 Å². The predicted molar refractivity (Wildman–Crippen MR) is 84.1 cm³/mol. The van der Waals surface area contributed by atoms with E-state index in [2.05, 4.69) is 9.97 Å². The van der Waals surface area contributed by atoms with E-state index in [9.17, 15) is 26.8 Å². The van der Waals surface area contributed by atoms with Gasteiger partial charge in [-0.25, -0.2) is 18.4 Å². The van der Waals surface area contributed by atoms with E-state index in [1.54, 1.807) is 0 Å². The first kappa shape index (κ1) is 18.1. The molecule has 0 aliphatic rings. The molecule has 0 aliphatic carbocycles. The molecule has 0 amide bonds. The van der Waals surface area contributed by atoms with Crippen LogP contribution in [-0.4, -0.2) is 33.9 Å². The van der Waals surface area contributed by atoms with Gasteiger partial charge >= 0.3 is 11.9 Å². The molecule has 3 rings (SSSR count). The molecule has 3 aromatic rings. The van der Waals surface area contributed by atoms with Gasteiger partial charge in [0.1, 0.15) is 10.4 Å². The highest BCUT2D eigenvalue weighted by molar-refractivity contribution is 7.91. The Morgan fingerprint density at radius 2 is 2.04 bits per heavy atom. The van der Waals surface area contributed by atoms with Crippen LogP contribution in [0.2, 0.25) is 0 Å². The number of aromatic nitrogens is 4. The van der Waals surface area contributed by atoms with Crippen molar-refractivity contribution < 1.29 is 31.5 Å². The third kappa shape index (κ3) is 2.87. The van der Waals surface area contributed by atoms with Crippen LogP contribution in [0.25, 0.3) is 22.7 Å². The number of pyridine rings is 2. The zero-order valence-corrected chi connectivity index (χ0v) is 14.5. The second-order valence-corrected chi connectivity index (χ2v) is 7.77. The van der Waals surface area contributed by atoms with Gasteiger partial charge in [0.05, 0.1) is 11.3 Å². The lowest BCUT2D eigenvalue weighted by molar-refractivity contribution is -0.897. The number of halogens is 3. The van der Waals surface area contributed by atoms with E-state index in [1.165, 1.54) is 36.9 Å². The van der Waals surface area contributed by atoms with Crippen LogP contribution in [0.3, 0.4) is 0 Å². The molecule has 11 heteroatoms. The van der Waals surface area contributed by atoms with Crippen molar-refractivity contribution >= 4 is 21.0 Å². The Morgan fingerprint density at radius 3 is 2.65 bits per heavy atom. The van der Waals surface area contributed by atoms with E-state index in [0.29, 0.717) is 10.9 Å². The highest BCUT2D eigenvalue weighted by atomic mass is 32.2. The van der Waals surface area contributed by atoms with Crippen molar-refractivity contribution in [1.82, 2.24) is 14.5 Å². The van der Waals surface area contributed by atoms with Crippen molar-refractivity contribution in [3.63, 3.8) is 0 Å². The van der Waals surface area contributed by atoms with Crippen LogP contribution in [0.15, 0.2) is 35.5 Å². The number of sulfone groups is 1. The zero-order chi connectivity index (χ0) is 19.3. The lowest BCUT2D eigenvalue weighted by Gasteiger charge is -2.05. The average Bonchev–Trinajstić information content (AvgIpc) is 2.90. The number of hydrogen-bond donors (Lipinski definition) is 1. The van der Waals surface area contributed by atoms with Crippen molar-refractivity contribution in [3.8, 4) is 11.5 Å². The molecule has 0 atom stereocenters. The number of nitrogens with zero attached hydrogens (tertiary/aromatic N) is 4. The van der Waals surface area contributed by atoms with Gasteiger partial charge in [-0.1, -0.05) is 6.92 Å². The third-order valence-electron chi connectivity index (χ3n) is 3.90. The Bertz CT molecular complexity index is 1110. The summed E-state index contributed by atoms with van der Waals surface area (Å²) in [6.07, 6.45) is -2.70. The topological polar surface area (TPSA) is 89.0 Å². The summed E-state index contributed by atoms with van der Waals surface area (Å²) in [6.45, 7) is 1.44. The number of hydrogen-bond acceptors (Lipinski definition) is 5. The van der Waals surface area contributed by atoms with Crippen LogP contribution in [0.5, 0.6) is 0 Å². The summed E-state index contributed by atoms with van der Waals surface area (Å²) in [5, 5.41) is 10.1. The van der Waals surface area contributed by atoms with E-state index in [1.807, 2.05) is 0 Å². The molecule has 3 aromatic heterocycles. The summed E-state index contributed by atoms with van der Waals surface area (Å²) < 4.78 is 65.2. The fourth-order valence-electron chi connectivity index (χ4n) is 2.54. The quantitative estimate of drug-likeness (QED) is 0.548. The van der Waals surface area contributed by atoms with Crippen LogP contribution in [0, 0.1) is 0 Å². The maximum Gasteiger partial charge on any atom is 0.417 e. The Hall–Kier alpha value is -2.69. The summed E-state index contributed by atoms with van der Waals surface area (Å²) in [7, 11) is -2.25. The highest BCUT2D eigenvalue weighted by Crippen LogP contribution is 2.32. The number of imidazole rings is 1. The summed E-state index contributed by atoms with van der Waals surface area (Å²) in [5.41, 5.74) is -1.07. The first-order chi connectivity index (χ1) is 12.1. The largest absolute Gasteiger partial charge is 0.417 e. The Labute approximate surface area is 146 Å². The lowest BCUT2D eigenvalue weighted by Crippen LogP contribution is -2.35. The Morgan fingerprint density at radius 1 is 1.35 bits per heavy atom. The first-order valence-electron chi connectivity index (χ1n) is 7.43. The van der Waals surface area contributed by atoms with Crippen LogP contribution in [-0.2, 0) is 23.1 Å². The fourth-order valence-corrected chi connectivity index (χ4v) is 3.62. The van der Waals surface area contributed by atoms with Crippen molar-refractivity contribution in [3.05, 3.63) is 36.2 Å². The molecule has 3 heterocycles. The Kier molecular flexibility index (Phi) is 4.14. The number of alkyl halides is 3. The molecular weight excluding hydrogens is 373 g/mol. The minimum absolute atomic E-state index is 0.0260. The second kappa shape index (κ2) is 5.94. The summed E-state index contributed by atoms with van der Waals surface area (Å²) in [4.78, 5) is 7.68. The van der Waals surface area contributed by atoms with E-state index in [4.69, 9.17) is 0 Å². The maximum atomic E-state index is 12.9. The zero-order valence-electron chi connectivity index (χ0n) is 13.7. The average molecular weight is 387 g/mol. The van der Waals surface area contributed by atoms with Crippen molar-refractivity contribution in [1.29, 1.82) is 0 Å². The number of fused-ring (bicyclic) bond motifs is 1. The molecule has 0 unspecified atom stereocenters. The summed E-state index contributed by atoms with van der Waals surface area (Å²) in [5.74, 6) is -0.244. The molecule has 7 nitrogen and oxygen atoms in total. The van der Waals surface area contributed by atoms with Gasteiger partial charge in [-0.3, -0.25) is 5.21 Å². The molecule has 26 heavy (non-hydrogen) atoms. The van der Waals surface area contributed by atoms with Crippen molar-refractivity contribution in [2.75, 3.05) is 5.75 Å². The maximum absolute atomic E-state index is 12.9. The SMILES string of the molecule is CCS(=O)(=O)c1ccc[n+](O)c1-c1nc2cc(C(F)(F)F)cnc2n1C. The molecular formula is C15H14F3N4O3S+. The molecule has 138 valence electrons. The molecule has 1 N–H and O–H groups in total. The highest BCUT2D eigenvalue weighted by Gasteiger charge is 2.34.